The first-order valence-corrected chi connectivity index (χ1v) is 10.4. The fourth-order valence-corrected chi connectivity index (χ4v) is 3.63. The van der Waals surface area contributed by atoms with Crippen LogP contribution in [0.5, 0.6) is 17.2 Å². The molecule has 162 valence electrons. The molecule has 0 unspecified atom stereocenters. The summed E-state index contributed by atoms with van der Waals surface area (Å²) in [6, 6.07) is 12.1. The molecule has 31 heavy (non-hydrogen) atoms. The van der Waals surface area contributed by atoms with Crippen molar-refractivity contribution in [3.8, 4) is 17.2 Å². The van der Waals surface area contributed by atoms with Gasteiger partial charge < -0.3 is 20.5 Å². The number of aromatic nitrogens is 1. The SMILES string of the molecule is COc1ccc(Oc2c(Cl)cc(NC(=O)Cc3ccnc(N)c3)cc2Cl)cc1C(C)C. The molecule has 0 bridgehead atoms. The summed E-state index contributed by atoms with van der Waals surface area (Å²) in [6.45, 7) is 4.14. The van der Waals surface area contributed by atoms with Gasteiger partial charge in [-0.25, -0.2) is 4.98 Å². The number of carbonyl (C=O) groups is 1. The molecule has 1 amide bonds. The van der Waals surface area contributed by atoms with Crippen molar-refractivity contribution in [1.29, 1.82) is 0 Å². The maximum Gasteiger partial charge on any atom is 0.228 e. The standard InChI is InChI=1S/C23H23Cl2N3O3/c1-13(2)17-12-16(4-5-20(17)30-3)31-23-18(24)10-15(11-19(23)25)28-22(29)9-14-6-7-27-21(26)8-14/h4-8,10-13H,9H2,1-3H3,(H2,26,27)(H,28,29). The van der Waals surface area contributed by atoms with Crippen LogP contribution in [0.25, 0.3) is 0 Å². The summed E-state index contributed by atoms with van der Waals surface area (Å²) in [4.78, 5) is 16.3. The van der Waals surface area contributed by atoms with E-state index in [4.69, 9.17) is 38.4 Å². The van der Waals surface area contributed by atoms with E-state index in [1.54, 1.807) is 43.6 Å². The lowest BCUT2D eigenvalue weighted by Gasteiger charge is -2.16. The number of nitrogens with two attached hydrogens (primary N) is 1. The van der Waals surface area contributed by atoms with Gasteiger partial charge in [-0.05, 0) is 53.9 Å². The number of benzene rings is 2. The number of ether oxygens (including phenoxy) is 2. The van der Waals surface area contributed by atoms with Crippen LogP contribution >= 0.6 is 23.2 Å². The maximum atomic E-state index is 12.4. The number of amides is 1. The number of halogens is 2. The van der Waals surface area contributed by atoms with E-state index >= 15 is 0 Å². The molecule has 1 heterocycles. The molecule has 8 heteroatoms. The summed E-state index contributed by atoms with van der Waals surface area (Å²) in [5.41, 5.74) is 7.87. The Balaban J connectivity index is 1.76. The minimum Gasteiger partial charge on any atom is -0.496 e. The Labute approximate surface area is 191 Å². The molecular weight excluding hydrogens is 437 g/mol. The Bertz CT molecular complexity index is 1080. The fraction of sp³-hybridized carbons (Fsp3) is 0.217. The van der Waals surface area contributed by atoms with Crippen LogP contribution in [0.1, 0.15) is 30.9 Å². The first-order valence-electron chi connectivity index (χ1n) is 9.62. The van der Waals surface area contributed by atoms with Gasteiger partial charge >= 0.3 is 0 Å². The second-order valence-electron chi connectivity index (χ2n) is 7.24. The second kappa shape index (κ2) is 9.90. The van der Waals surface area contributed by atoms with Gasteiger partial charge in [0, 0.05) is 17.4 Å². The van der Waals surface area contributed by atoms with E-state index in [9.17, 15) is 4.79 Å². The Morgan fingerprint density at radius 3 is 2.45 bits per heavy atom. The molecule has 0 aliphatic heterocycles. The van der Waals surface area contributed by atoms with Gasteiger partial charge in [-0.1, -0.05) is 37.0 Å². The number of nitrogens with one attached hydrogen (secondary N) is 1. The van der Waals surface area contributed by atoms with Crippen molar-refractivity contribution in [1.82, 2.24) is 4.98 Å². The summed E-state index contributed by atoms with van der Waals surface area (Å²) >= 11 is 12.8. The third-order valence-electron chi connectivity index (χ3n) is 4.54. The summed E-state index contributed by atoms with van der Waals surface area (Å²) in [6.07, 6.45) is 1.70. The van der Waals surface area contributed by atoms with Gasteiger partial charge in [-0.3, -0.25) is 4.79 Å². The lowest BCUT2D eigenvalue weighted by molar-refractivity contribution is -0.115. The van der Waals surface area contributed by atoms with E-state index in [-0.39, 0.29) is 28.3 Å². The lowest BCUT2D eigenvalue weighted by Crippen LogP contribution is -2.14. The highest BCUT2D eigenvalue weighted by Crippen LogP contribution is 2.40. The molecule has 6 nitrogen and oxygen atoms in total. The van der Waals surface area contributed by atoms with Gasteiger partial charge in [0.25, 0.3) is 0 Å². The van der Waals surface area contributed by atoms with Crippen LogP contribution in [0.2, 0.25) is 10.0 Å². The number of hydrogen-bond donors (Lipinski definition) is 2. The first kappa shape index (κ1) is 22.7. The van der Waals surface area contributed by atoms with Gasteiger partial charge in [0.05, 0.1) is 23.6 Å². The van der Waals surface area contributed by atoms with Gasteiger partial charge in [0.2, 0.25) is 5.91 Å². The molecule has 0 aliphatic rings. The van der Waals surface area contributed by atoms with Crippen molar-refractivity contribution in [3.05, 3.63) is 69.8 Å². The van der Waals surface area contributed by atoms with Gasteiger partial charge in [0.15, 0.2) is 5.75 Å². The Hall–Kier alpha value is -2.96. The third kappa shape index (κ3) is 5.81. The molecule has 0 spiro atoms. The predicted octanol–water partition coefficient (Wildman–Crippen LogP) is 6.08. The quantitative estimate of drug-likeness (QED) is 0.447. The second-order valence-corrected chi connectivity index (χ2v) is 8.06. The molecule has 0 fully saturated rings. The summed E-state index contributed by atoms with van der Waals surface area (Å²) in [7, 11) is 1.63. The number of anilines is 2. The van der Waals surface area contributed by atoms with Gasteiger partial charge in [-0.15, -0.1) is 0 Å². The largest absolute Gasteiger partial charge is 0.496 e. The van der Waals surface area contributed by atoms with E-state index in [1.807, 2.05) is 12.1 Å². The zero-order valence-electron chi connectivity index (χ0n) is 17.4. The van der Waals surface area contributed by atoms with Crippen molar-refractivity contribution < 1.29 is 14.3 Å². The van der Waals surface area contributed by atoms with E-state index in [0.29, 0.717) is 23.0 Å². The van der Waals surface area contributed by atoms with E-state index in [1.165, 1.54) is 0 Å². The van der Waals surface area contributed by atoms with Gasteiger partial charge in [-0.2, -0.15) is 0 Å². The van der Waals surface area contributed by atoms with E-state index in [2.05, 4.69) is 24.1 Å². The molecule has 0 atom stereocenters. The molecular formula is C23H23Cl2N3O3. The predicted molar refractivity (Wildman–Crippen MR) is 125 cm³/mol. The van der Waals surface area contributed by atoms with Crippen LogP contribution in [-0.4, -0.2) is 18.0 Å². The lowest BCUT2D eigenvalue weighted by atomic mass is 10.0. The number of carbonyl (C=O) groups excluding carboxylic acids is 1. The van der Waals surface area contributed by atoms with Crippen LogP contribution < -0.4 is 20.5 Å². The molecule has 3 N–H and O–H groups in total. The first-order chi connectivity index (χ1) is 14.8. The Morgan fingerprint density at radius 2 is 1.84 bits per heavy atom. The van der Waals surface area contributed by atoms with Crippen LogP contribution in [0.3, 0.4) is 0 Å². The van der Waals surface area contributed by atoms with Crippen molar-refractivity contribution in [2.24, 2.45) is 0 Å². The molecule has 0 aliphatic carbocycles. The van der Waals surface area contributed by atoms with E-state index < -0.39 is 0 Å². The van der Waals surface area contributed by atoms with Crippen molar-refractivity contribution in [2.75, 3.05) is 18.2 Å². The number of methoxy groups -OCH3 is 1. The highest BCUT2D eigenvalue weighted by molar-refractivity contribution is 6.37. The molecule has 1 aromatic heterocycles. The smallest absolute Gasteiger partial charge is 0.228 e. The van der Waals surface area contributed by atoms with Crippen molar-refractivity contribution in [3.63, 3.8) is 0 Å². The highest BCUT2D eigenvalue weighted by Gasteiger charge is 2.15. The number of nitrogen functional groups attached to an aromatic ring is 1. The Morgan fingerprint density at radius 1 is 1.13 bits per heavy atom. The monoisotopic (exact) mass is 459 g/mol. The van der Waals surface area contributed by atoms with Crippen molar-refractivity contribution in [2.45, 2.75) is 26.2 Å². The maximum absolute atomic E-state index is 12.4. The van der Waals surface area contributed by atoms with Crippen LogP contribution in [0, 0.1) is 0 Å². The average Bonchev–Trinajstić information content (AvgIpc) is 2.70. The summed E-state index contributed by atoms with van der Waals surface area (Å²) in [5, 5.41) is 3.33. The fourth-order valence-electron chi connectivity index (χ4n) is 3.07. The molecule has 0 saturated heterocycles. The van der Waals surface area contributed by atoms with Crippen LogP contribution in [0.4, 0.5) is 11.5 Å². The summed E-state index contributed by atoms with van der Waals surface area (Å²) in [5.74, 6) is 2.05. The number of rotatable bonds is 7. The Kier molecular flexibility index (Phi) is 7.25. The minimum absolute atomic E-state index is 0.143. The molecule has 3 rings (SSSR count). The molecule has 0 radical (unpaired) electrons. The topological polar surface area (TPSA) is 86.5 Å². The molecule has 2 aromatic carbocycles. The molecule has 0 saturated carbocycles. The van der Waals surface area contributed by atoms with Crippen LogP contribution in [-0.2, 0) is 11.2 Å². The average molecular weight is 460 g/mol. The van der Waals surface area contributed by atoms with Gasteiger partial charge in [0.1, 0.15) is 17.3 Å². The number of nitrogens with zero attached hydrogens (tertiary/aromatic N) is 1. The highest BCUT2D eigenvalue weighted by atomic mass is 35.5. The van der Waals surface area contributed by atoms with E-state index in [0.717, 1.165) is 16.9 Å². The molecule has 3 aromatic rings. The summed E-state index contributed by atoms with van der Waals surface area (Å²) < 4.78 is 11.3. The zero-order valence-corrected chi connectivity index (χ0v) is 18.9. The number of hydrogen-bond acceptors (Lipinski definition) is 5. The zero-order chi connectivity index (χ0) is 22.5. The third-order valence-corrected chi connectivity index (χ3v) is 5.10. The van der Waals surface area contributed by atoms with Crippen molar-refractivity contribution >= 4 is 40.6 Å². The normalized spacial score (nSPS) is 10.8. The minimum atomic E-state index is -0.233. The van der Waals surface area contributed by atoms with Crippen LogP contribution in [0.15, 0.2) is 48.7 Å². The number of pyridine rings is 1.